The first-order chi connectivity index (χ1) is 10.7. The van der Waals surface area contributed by atoms with Crippen molar-refractivity contribution >= 4 is 0 Å². The molecule has 1 aliphatic rings. The van der Waals surface area contributed by atoms with Crippen LogP contribution >= 0.6 is 0 Å². The molecule has 0 amide bonds. The molecule has 2 aromatic rings. The molecular formula is C17H23FN4. The summed E-state index contributed by atoms with van der Waals surface area (Å²) in [6.45, 7) is 5.12. The molecule has 5 heteroatoms. The van der Waals surface area contributed by atoms with Gasteiger partial charge >= 0.3 is 0 Å². The Morgan fingerprint density at radius 3 is 3.00 bits per heavy atom. The second kappa shape index (κ2) is 6.57. The van der Waals surface area contributed by atoms with Crippen LogP contribution in [0.3, 0.4) is 0 Å². The molecule has 2 unspecified atom stereocenters. The Hall–Kier alpha value is -1.75. The van der Waals surface area contributed by atoms with Crippen LogP contribution in [-0.4, -0.2) is 20.8 Å². The summed E-state index contributed by atoms with van der Waals surface area (Å²) in [5.41, 5.74) is 0.758. The van der Waals surface area contributed by atoms with Crippen LogP contribution in [0, 0.1) is 5.82 Å². The Labute approximate surface area is 130 Å². The first-order valence-electron chi connectivity index (χ1n) is 8.10. The number of hydrogen-bond donors (Lipinski definition) is 1. The molecule has 1 aromatic heterocycles. The van der Waals surface area contributed by atoms with Gasteiger partial charge in [0, 0.05) is 19.0 Å². The summed E-state index contributed by atoms with van der Waals surface area (Å²) in [7, 11) is 0. The zero-order valence-electron chi connectivity index (χ0n) is 13.2. The van der Waals surface area contributed by atoms with Crippen molar-refractivity contribution in [1.29, 1.82) is 0 Å². The average molecular weight is 302 g/mol. The van der Waals surface area contributed by atoms with Crippen molar-refractivity contribution in [3.05, 3.63) is 47.3 Å². The minimum absolute atomic E-state index is 0.128. The van der Waals surface area contributed by atoms with E-state index in [1.165, 1.54) is 6.07 Å². The SMILES string of the molecule is CCc1nc2n(n1)CCCC2NC(C)Cc1ccccc1F. The number of benzene rings is 1. The highest BCUT2D eigenvalue weighted by atomic mass is 19.1. The topological polar surface area (TPSA) is 42.7 Å². The van der Waals surface area contributed by atoms with Gasteiger partial charge in [-0.2, -0.15) is 5.10 Å². The molecule has 0 saturated heterocycles. The molecule has 0 bridgehead atoms. The Kier molecular flexibility index (Phi) is 4.52. The predicted molar refractivity (Wildman–Crippen MR) is 84.1 cm³/mol. The third kappa shape index (κ3) is 3.19. The smallest absolute Gasteiger partial charge is 0.150 e. The molecular weight excluding hydrogens is 279 g/mol. The van der Waals surface area contributed by atoms with E-state index in [1.54, 1.807) is 6.07 Å². The summed E-state index contributed by atoms with van der Waals surface area (Å²) in [6, 6.07) is 7.39. The average Bonchev–Trinajstić information content (AvgIpc) is 2.94. The van der Waals surface area contributed by atoms with Gasteiger partial charge in [-0.3, -0.25) is 0 Å². The molecule has 1 aliphatic heterocycles. The maximum Gasteiger partial charge on any atom is 0.150 e. The lowest BCUT2D eigenvalue weighted by Gasteiger charge is -2.26. The number of aromatic nitrogens is 3. The van der Waals surface area contributed by atoms with E-state index in [-0.39, 0.29) is 17.9 Å². The van der Waals surface area contributed by atoms with E-state index in [1.807, 2.05) is 16.8 Å². The van der Waals surface area contributed by atoms with E-state index < -0.39 is 0 Å². The van der Waals surface area contributed by atoms with Crippen molar-refractivity contribution in [3.63, 3.8) is 0 Å². The second-order valence-electron chi connectivity index (χ2n) is 6.02. The molecule has 0 aliphatic carbocycles. The van der Waals surface area contributed by atoms with Crippen LogP contribution in [-0.2, 0) is 19.4 Å². The summed E-state index contributed by atoms with van der Waals surface area (Å²) in [6.07, 6.45) is 3.70. The summed E-state index contributed by atoms with van der Waals surface area (Å²) < 4.78 is 15.8. The lowest BCUT2D eigenvalue weighted by Crippen LogP contribution is -2.36. The van der Waals surface area contributed by atoms with Crippen LogP contribution in [0.5, 0.6) is 0 Å². The van der Waals surface area contributed by atoms with Gasteiger partial charge in [0.15, 0.2) is 5.82 Å². The zero-order chi connectivity index (χ0) is 15.5. The normalized spacial score (nSPS) is 19.0. The molecule has 0 spiro atoms. The van der Waals surface area contributed by atoms with Gasteiger partial charge in [0.05, 0.1) is 6.04 Å². The Morgan fingerprint density at radius 1 is 1.41 bits per heavy atom. The Morgan fingerprint density at radius 2 is 2.23 bits per heavy atom. The number of hydrogen-bond acceptors (Lipinski definition) is 3. The van der Waals surface area contributed by atoms with Crippen LogP contribution < -0.4 is 5.32 Å². The molecule has 4 nitrogen and oxygen atoms in total. The largest absolute Gasteiger partial charge is 0.304 e. The summed E-state index contributed by atoms with van der Waals surface area (Å²) in [5.74, 6) is 1.81. The molecule has 1 aromatic carbocycles. The highest BCUT2D eigenvalue weighted by molar-refractivity contribution is 5.18. The van der Waals surface area contributed by atoms with Gasteiger partial charge in [0.25, 0.3) is 0 Å². The van der Waals surface area contributed by atoms with Crippen molar-refractivity contribution in [2.24, 2.45) is 0 Å². The van der Waals surface area contributed by atoms with Gasteiger partial charge in [0.1, 0.15) is 11.6 Å². The van der Waals surface area contributed by atoms with Crippen molar-refractivity contribution in [2.45, 2.75) is 58.2 Å². The fourth-order valence-electron chi connectivity index (χ4n) is 3.10. The number of nitrogens with one attached hydrogen (secondary N) is 1. The molecule has 22 heavy (non-hydrogen) atoms. The van der Waals surface area contributed by atoms with E-state index in [9.17, 15) is 4.39 Å². The van der Waals surface area contributed by atoms with E-state index in [4.69, 9.17) is 0 Å². The van der Waals surface area contributed by atoms with Gasteiger partial charge in [-0.05, 0) is 37.8 Å². The molecule has 2 heterocycles. The van der Waals surface area contributed by atoms with Crippen LogP contribution in [0.15, 0.2) is 24.3 Å². The minimum Gasteiger partial charge on any atom is -0.304 e. The number of rotatable bonds is 5. The predicted octanol–water partition coefficient (Wildman–Crippen LogP) is 3.04. The fraction of sp³-hybridized carbons (Fsp3) is 0.529. The number of nitrogens with zero attached hydrogens (tertiary/aromatic N) is 3. The Balaban J connectivity index is 1.69. The van der Waals surface area contributed by atoms with Gasteiger partial charge in [-0.25, -0.2) is 14.1 Å². The Bertz CT molecular complexity index is 637. The van der Waals surface area contributed by atoms with Crippen LogP contribution in [0.1, 0.15) is 49.9 Å². The van der Waals surface area contributed by atoms with Crippen LogP contribution in [0.2, 0.25) is 0 Å². The van der Waals surface area contributed by atoms with Gasteiger partial charge in [0.2, 0.25) is 0 Å². The lowest BCUT2D eigenvalue weighted by atomic mass is 10.0. The molecule has 2 atom stereocenters. The van der Waals surface area contributed by atoms with Crippen LogP contribution in [0.25, 0.3) is 0 Å². The standard InChI is InChI=1S/C17H23FN4/c1-3-16-20-17-15(9-6-10-22(17)21-16)19-12(2)11-13-7-4-5-8-14(13)18/h4-5,7-8,12,15,19H,3,6,9-11H2,1-2H3. The zero-order valence-corrected chi connectivity index (χ0v) is 13.2. The van der Waals surface area contributed by atoms with Gasteiger partial charge < -0.3 is 5.32 Å². The second-order valence-corrected chi connectivity index (χ2v) is 6.02. The van der Waals surface area contributed by atoms with Crippen molar-refractivity contribution in [1.82, 2.24) is 20.1 Å². The third-order valence-corrected chi connectivity index (χ3v) is 4.20. The van der Waals surface area contributed by atoms with Gasteiger partial charge in [-0.15, -0.1) is 0 Å². The third-order valence-electron chi connectivity index (χ3n) is 4.20. The summed E-state index contributed by atoms with van der Waals surface area (Å²) >= 11 is 0. The maximum absolute atomic E-state index is 13.8. The quantitative estimate of drug-likeness (QED) is 0.923. The van der Waals surface area contributed by atoms with Crippen molar-refractivity contribution in [3.8, 4) is 0 Å². The summed E-state index contributed by atoms with van der Waals surface area (Å²) in [4.78, 5) is 4.64. The molecule has 0 saturated carbocycles. The fourth-order valence-corrected chi connectivity index (χ4v) is 3.10. The maximum atomic E-state index is 13.8. The molecule has 1 N–H and O–H groups in total. The number of fused-ring (bicyclic) bond motifs is 1. The van der Waals surface area contributed by atoms with Crippen LogP contribution in [0.4, 0.5) is 4.39 Å². The summed E-state index contributed by atoms with van der Waals surface area (Å²) in [5, 5.41) is 8.13. The first kappa shape index (κ1) is 15.2. The highest BCUT2D eigenvalue weighted by Crippen LogP contribution is 2.24. The molecule has 118 valence electrons. The molecule has 0 fully saturated rings. The number of aryl methyl sites for hydroxylation is 2. The first-order valence-corrected chi connectivity index (χ1v) is 8.10. The van der Waals surface area contributed by atoms with Gasteiger partial charge in [-0.1, -0.05) is 25.1 Å². The van der Waals surface area contributed by atoms with E-state index in [0.29, 0.717) is 6.42 Å². The van der Waals surface area contributed by atoms with E-state index >= 15 is 0 Å². The molecule has 0 radical (unpaired) electrons. The van der Waals surface area contributed by atoms with Crippen molar-refractivity contribution < 1.29 is 4.39 Å². The van der Waals surface area contributed by atoms with E-state index in [0.717, 1.165) is 43.0 Å². The minimum atomic E-state index is -0.128. The monoisotopic (exact) mass is 302 g/mol. The molecule has 3 rings (SSSR count). The number of halogens is 1. The highest BCUT2D eigenvalue weighted by Gasteiger charge is 2.25. The lowest BCUT2D eigenvalue weighted by molar-refractivity contribution is 0.339. The van der Waals surface area contributed by atoms with E-state index in [2.05, 4.69) is 29.2 Å². The van der Waals surface area contributed by atoms with Crippen molar-refractivity contribution in [2.75, 3.05) is 0 Å².